The molecule has 7 heteroatoms. The lowest BCUT2D eigenvalue weighted by Gasteiger charge is -2.33. The number of hydrogen-bond acceptors (Lipinski definition) is 3. The molecule has 2 aromatic carbocycles. The van der Waals surface area contributed by atoms with Gasteiger partial charge in [0.2, 0.25) is 5.91 Å². The highest BCUT2D eigenvalue weighted by Gasteiger charge is 2.53. The quantitative estimate of drug-likeness (QED) is 0.655. The Kier molecular flexibility index (Phi) is 5.96. The van der Waals surface area contributed by atoms with Crippen molar-refractivity contribution in [1.82, 2.24) is 4.90 Å². The number of hydrogen-bond donors (Lipinski definition) is 0. The number of nitrogens with zero attached hydrogens (tertiary/aromatic N) is 1. The highest BCUT2D eigenvalue weighted by atomic mass is 19.4. The van der Waals surface area contributed by atoms with Crippen LogP contribution in [0.1, 0.15) is 36.9 Å². The zero-order valence-corrected chi connectivity index (χ0v) is 16.0. The average Bonchev–Trinajstić information content (AvgIpc) is 3.08. The van der Waals surface area contributed by atoms with E-state index in [2.05, 4.69) is 0 Å². The van der Waals surface area contributed by atoms with Gasteiger partial charge in [0.05, 0.1) is 5.41 Å². The van der Waals surface area contributed by atoms with Crippen molar-refractivity contribution in [2.75, 3.05) is 6.61 Å². The Morgan fingerprint density at radius 3 is 2.24 bits per heavy atom. The van der Waals surface area contributed by atoms with Crippen molar-refractivity contribution in [2.24, 2.45) is 5.41 Å². The van der Waals surface area contributed by atoms with Crippen LogP contribution in [0, 0.1) is 5.41 Å². The first-order chi connectivity index (χ1) is 13.7. The van der Waals surface area contributed by atoms with Gasteiger partial charge in [0.25, 0.3) is 0 Å². The molecule has 1 aliphatic heterocycles. The van der Waals surface area contributed by atoms with Crippen molar-refractivity contribution < 1.29 is 27.5 Å². The molecule has 2 amide bonds. The lowest BCUT2D eigenvalue weighted by molar-refractivity contribution is -0.223. The van der Waals surface area contributed by atoms with Crippen molar-refractivity contribution >= 4 is 12.0 Å². The highest BCUT2D eigenvalue weighted by molar-refractivity contribution is 5.94. The summed E-state index contributed by atoms with van der Waals surface area (Å²) in [5, 5.41) is 0. The van der Waals surface area contributed by atoms with E-state index in [1.165, 1.54) is 0 Å². The predicted molar refractivity (Wildman–Crippen MR) is 101 cm³/mol. The van der Waals surface area contributed by atoms with Crippen LogP contribution in [0.5, 0.6) is 0 Å². The topological polar surface area (TPSA) is 46.6 Å². The average molecular weight is 405 g/mol. The summed E-state index contributed by atoms with van der Waals surface area (Å²) in [5.74, 6) is -0.880. The van der Waals surface area contributed by atoms with E-state index >= 15 is 0 Å². The van der Waals surface area contributed by atoms with E-state index in [1.807, 2.05) is 0 Å². The molecule has 154 valence electrons. The molecule has 1 fully saturated rings. The molecule has 1 saturated heterocycles. The van der Waals surface area contributed by atoms with E-state index in [0.29, 0.717) is 5.56 Å². The summed E-state index contributed by atoms with van der Waals surface area (Å²) in [5.41, 5.74) is -0.854. The summed E-state index contributed by atoms with van der Waals surface area (Å²) >= 11 is 0. The number of aryl methyl sites for hydroxylation is 1. The van der Waals surface area contributed by atoms with E-state index in [9.17, 15) is 22.8 Å². The monoisotopic (exact) mass is 405 g/mol. The van der Waals surface area contributed by atoms with Crippen LogP contribution in [-0.4, -0.2) is 29.7 Å². The second kappa shape index (κ2) is 8.27. The van der Waals surface area contributed by atoms with Gasteiger partial charge in [-0.15, -0.1) is 0 Å². The Morgan fingerprint density at radius 2 is 1.66 bits per heavy atom. The molecule has 0 aromatic heterocycles. The normalized spacial score (nSPS) is 19.0. The summed E-state index contributed by atoms with van der Waals surface area (Å²) in [4.78, 5) is 25.8. The number of cyclic esters (lactones) is 1. The largest absolute Gasteiger partial charge is 0.446 e. The summed E-state index contributed by atoms with van der Waals surface area (Å²) in [6.45, 7) is 0.966. The van der Waals surface area contributed by atoms with Gasteiger partial charge >= 0.3 is 12.3 Å². The second-order valence-electron chi connectivity index (χ2n) is 7.49. The predicted octanol–water partition coefficient (Wildman–Crippen LogP) is 5.30. The fourth-order valence-electron chi connectivity index (χ4n) is 3.43. The molecule has 2 atom stereocenters. The number of amides is 2. The van der Waals surface area contributed by atoms with E-state index in [1.54, 1.807) is 60.7 Å². The molecule has 0 bridgehead atoms. The van der Waals surface area contributed by atoms with Gasteiger partial charge in [0.15, 0.2) is 0 Å². The number of ether oxygens (including phenoxy) is 1. The molecule has 0 aliphatic carbocycles. The molecule has 29 heavy (non-hydrogen) atoms. The van der Waals surface area contributed by atoms with E-state index in [4.69, 9.17) is 4.74 Å². The molecular weight excluding hydrogens is 383 g/mol. The second-order valence-corrected chi connectivity index (χ2v) is 7.49. The minimum atomic E-state index is -4.59. The third-order valence-corrected chi connectivity index (χ3v) is 5.36. The molecule has 0 unspecified atom stereocenters. The molecule has 2 aromatic rings. The summed E-state index contributed by atoms with van der Waals surface area (Å²) in [6, 6.07) is 16.8. The minimum Gasteiger partial charge on any atom is -0.446 e. The summed E-state index contributed by atoms with van der Waals surface area (Å²) in [6.07, 6.45) is -6.40. The van der Waals surface area contributed by atoms with Crippen LogP contribution < -0.4 is 0 Å². The van der Waals surface area contributed by atoms with Gasteiger partial charge in [-0.2, -0.15) is 13.2 Å². The summed E-state index contributed by atoms with van der Waals surface area (Å²) in [7, 11) is 0. The van der Waals surface area contributed by atoms with E-state index < -0.39 is 36.1 Å². The molecule has 0 radical (unpaired) electrons. The lowest BCUT2D eigenvalue weighted by atomic mass is 9.79. The van der Waals surface area contributed by atoms with Crippen LogP contribution >= 0.6 is 0 Å². The van der Waals surface area contributed by atoms with Gasteiger partial charge in [-0.05, 0) is 24.0 Å². The Hall–Kier alpha value is -2.83. The van der Waals surface area contributed by atoms with E-state index in [-0.39, 0.29) is 19.4 Å². The minimum absolute atomic E-state index is 0.0681. The maximum Gasteiger partial charge on any atom is 0.417 e. The number of rotatable bonds is 6. The number of alkyl halides is 3. The molecule has 1 heterocycles. The molecule has 0 spiro atoms. The number of halogens is 3. The Morgan fingerprint density at radius 1 is 1.07 bits per heavy atom. The van der Waals surface area contributed by atoms with Crippen molar-refractivity contribution in [3.63, 3.8) is 0 Å². The zero-order valence-electron chi connectivity index (χ0n) is 16.0. The molecule has 4 nitrogen and oxygen atoms in total. The molecule has 0 saturated carbocycles. The van der Waals surface area contributed by atoms with Crippen LogP contribution in [0.3, 0.4) is 0 Å². The first-order valence-electron chi connectivity index (χ1n) is 9.36. The van der Waals surface area contributed by atoms with Crippen LogP contribution in [0.15, 0.2) is 60.7 Å². The van der Waals surface area contributed by atoms with Gasteiger partial charge in [0, 0.05) is 6.42 Å². The van der Waals surface area contributed by atoms with Crippen molar-refractivity contribution in [1.29, 1.82) is 0 Å². The zero-order chi connectivity index (χ0) is 21.1. The molecular formula is C22H22F3NO3. The fourth-order valence-corrected chi connectivity index (χ4v) is 3.43. The molecule has 3 rings (SSSR count). The van der Waals surface area contributed by atoms with Gasteiger partial charge in [-0.25, -0.2) is 9.69 Å². The third-order valence-electron chi connectivity index (χ3n) is 5.36. The molecule has 1 aliphatic rings. The van der Waals surface area contributed by atoms with Gasteiger partial charge in [-0.3, -0.25) is 4.79 Å². The Balaban J connectivity index is 1.79. The van der Waals surface area contributed by atoms with E-state index in [0.717, 1.165) is 17.4 Å². The van der Waals surface area contributed by atoms with Gasteiger partial charge in [0.1, 0.15) is 12.6 Å². The summed E-state index contributed by atoms with van der Waals surface area (Å²) < 4.78 is 46.6. The lowest BCUT2D eigenvalue weighted by Crippen LogP contribution is -2.43. The maximum absolute atomic E-state index is 13.9. The van der Waals surface area contributed by atoms with Crippen molar-refractivity contribution in [3.8, 4) is 0 Å². The standard InChI is InChI=1S/C22H22F3NO3/c1-21(22(23,24)25,13-12-16-8-4-2-5-9-16)14-19(27)26-18(15-29-20(26)28)17-10-6-3-7-11-17/h2-11,18H,12-15H2,1H3/t18-,21-/m1/s1. The number of carbonyl (C=O) groups excluding carboxylic acids is 2. The van der Waals surface area contributed by atoms with Gasteiger partial charge in [-0.1, -0.05) is 67.6 Å². The first kappa shape index (κ1) is 20.9. The maximum atomic E-state index is 13.9. The third kappa shape index (κ3) is 4.60. The van der Waals surface area contributed by atoms with Crippen molar-refractivity contribution in [3.05, 3.63) is 71.8 Å². The number of imide groups is 1. The van der Waals surface area contributed by atoms with Crippen LogP contribution in [0.25, 0.3) is 0 Å². The Labute approximate surface area is 167 Å². The first-order valence-corrected chi connectivity index (χ1v) is 9.36. The number of benzene rings is 2. The SMILES string of the molecule is C[C@@](CCc1ccccc1)(CC(=O)N1C(=O)OC[C@@H]1c1ccccc1)C(F)(F)F. The van der Waals surface area contributed by atoms with Crippen LogP contribution in [0.2, 0.25) is 0 Å². The highest BCUT2D eigenvalue weighted by Crippen LogP contribution is 2.45. The Bertz CT molecular complexity index is 855. The van der Waals surface area contributed by atoms with Crippen LogP contribution in [0.4, 0.5) is 18.0 Å². The van der Waals surface area contributed by atoms with Gasteiger partial charge < -0.3 is 4.74 Å². The van der Waals surface area contributed by atoms with Crippen LogP contribution in [-0.2, 0) is 16.0 Å². The smallest absolute Gasteiger partial charge is 0.417 e. The molecule has 0 N–H and O–H groups in total. The number of carbonyl (C=O) groups is 2. The fraction of sp³-hybridized carbons (Fsp3) is 0.364. The van der Waals surface area contributed by atoms with Crippen molar-refractivity contribution in [2.45, 2.75) is 38.4 Å².